The van der Waals surface area contributed by atoms with Crippen molar-refractivity contribution in [1.29, 1.82) is 0 Å². The summed E-state index contributed by atoms with van der Waals surface area (Å²) in [4.78, 5) is 17.2. The van der Waals surface area contributed by atoms with Gasteiger partial charge in [0.25, 0.3) is 5.56 Å². The lowest BCUT2D eigenvalue weighted by atomic mass is 10.0. The summed E-state index contributed by atoms with van der Waals surface area (Å²) in [7, 11) is 0. The highest BCUT2D eigenvalue weighted by atomic mass is 19.4. The van der Waals surface area contributed by atoms with Crippen molar-refractivity contribution in [3.63, 3.8) is 0 Å². The SMILES string of the molecule is O=c1c(-c2ccc(C(F)(F)F)cc2)cc2c(O)cncc2n1Cc1ccccc1. The third-order valence-corrected chi connectivity index (χ3v) is 4.71. The smallest absolute Gasteiger partial charge is 0.416 e. The Hall–Kier alpha value is -3.61. The van der Waals surface area contributed by atoms with Crippen molar-refractivity contribution in [2.45, 2.75) is 12.7 Å². The van der Waals surface area contributed by atoms with Crippen molar-refractivity contribution >= 4 is 10.9 Å². The van der Waals surface area contributed by atoms with E-state index in [0.717, 1.165) is 17.7 Å². The number of halogens is 3. The number of hydrogen-bond donors (Lipinski definition) is 1. The number of aromatic hydroxyl groups is 1. The number of hydrogen-bond acceptors (Lipinski definition) is 3. The summed E-state index contributed by atoms with van der Waals surface area (Å²) >= 11 is 0. The molecule has 29 heavy (non-hydrogen) atoms. The molecule has 4 rings (SSSR count). The molecule has 0 radical (unpaired) electrons. The molecule has 2 aromatic carbocycles. The minimum atomic E-state index is -4.46. The van der Waals surface area contributed by atoms with Crippen LogP contribution in [0, 0.1) is 0 Å². The van der Waals surface area contributed by atoms with Crippen LogP contribution >= 0.6 is 0 Å². The van der Waals surface area contributed by atoms with Crippen LogP contribution in [0.3, 0.4) is 0 Å². The van der Waals surface area contributed by atoms with Crippen LogP contribution in [0.1, 0.15) is 11.1 Å². The quantitative estimate of drug-likeness (QED) is 0.539. The van der Waals surface area contributed by atoms with E-state index in [4.69, 9.17) is 0 Å². The molecule has 0 amide bonds. The molecule has 0 aliphatic rings. The lowest BCUT2D eigenvalue weighted by molar-refractivity contribution is -0.137. The molecule has 0 unspecified atom stereocenters. The number of benzene rings is 2. The Kier molecular flexibility index (Phi) is 4.58. The number of aromatic nitrogens is 2. The van der Waals surface area contributed by atoms with Gasteiger partial charge in [0.1, 0.15) is 5.75 Å². The average molecular weight is 396 g/mol. The van der Waals surface area contributed by atoms with Crippen LogP contribution in [-0.2, 0) is 12.7 Å². The molecule has 0 saturated heterocycles. The topological polar surface area (TPSA) is 55.1 Å². The zero-order valence-corrected chi connectivity index (χ0v) is 15.0. The molecular weight excluding hydrogens is 381 g/mol. The van der Waals surface area contributed by atoms with Gasteiger partial charge in [-0.1, -0.05) is 42.5 Å². The van der Waals surface area contributed by atoms with E-state index in [0.29, 0.717) is 16.5 Å². The van der Waals surface area contributed by atoms with Gasteiger partial charge in [-0.15, -0.1) is 0 Å². The number of fused-ring (bicyclic) bond motifs is 1. The first-order chi connectivity index (χ1) is 13.8. The Morgan fingerprint density at radius 1 is 0.966 bits per heavy atom. The summed E-state index contributed by atoms with van der Waals surface area (Å²) in [5.41, 5.74) is 0.664. The molecule has 0 aliphatic heterocycles. The maximum absolute atomic E-state index is 13.2. The molecule has 0 saturated carbocycles. The fourth-order valence-electron chi connectivity index (χ4n) is 3.24. The van der Waals surface area contributed by atoms with Gasteiger partial charge in [0.15, 0.2) is 0 Å². The van der Waals surface area contributed by atoms with Crippen LogP contribution in [0.15, 0.2) is 77.9 Å². The van der Waals surface area contributed by atoms with Crippen LogP contribution in [0.4, 0.5) is 13.2 Å². The molecule has 0 spiro atoms. The molecule has 4 aromatic rings. The highest BCUT2D eigenvalue weighted by Gasteiger charge is 2.30. The molecule has 146 valence electrons. The highest BCUT2D eigenvalue weighted by Crippen LogP contribution is 2.32. The predicted molar refractivity (Wildman–Crippen MR) is 104 cm³/mol. The fourth-order valence-corrected chi connectivity index (χ4v) is 3.24. The van der Waals surface area contributed by atoms with Gasteiger partial charge in [0, 0.05) is 10.9 Å². The Morgan fingerprint density at radius 3 is 2.31 bits per heavy atom. The van der Waals surface area contributed by atoms with Crippen molar-refractivity contribution < 1.29 is 18.3 Å². The summed E-state index contributed by atoms with van der Waals surface area (Å²) in [6.07, 6.45) is -1.72. The molecule has 2 aromatic heterocycles. The molecule has 0 aliphatic carbocycles. The highest BCUT2D eigenvalue weighted by molar-refractivity contribution is 5.88. The van der Waals surface area contributed by atoms with Crippen LogP contribution in [-0.4, -0.2) is 14.7 Å². The minimum absolute atomic E-state index is 0.113. The third kappa shape index (κ3) is 3.59. The van der Waals surface area contributed by atoms with E-state index in [2.05, 4.69) is 4.98 Å². The van der Waals surface area contributed by atoms with Crippen LogP contribution in [0.25, 0.3) is 22.0 Å². The Morgan fingerprint density at radius 2 is 1.66 bits per heavy atom. The first-order valence-corrected chi connectivity index (χ1v) is 8.76. The van der Waals surface area contributed by atoms with Gasteiger partial charge < -0.3 is 9.67 Å². The molecule has 0 fully saturated rings. The molecule has 1 N–H and O–H groups in total. The van der Waals surface area contributed by atoms with E-state index in [1.165, 1.54) is 35.2 Å². The second-order valence-corrected chi connectivity index (χ2v) is 6.60. The van der Waals surface area contributed by atoms with Crippen molar-refractivity contribution in [1.82, 2.24) is 9.55 Å². The van der Waals surface area contributed by atoms with Crippen molar-refractivity contribution in [3.05, 3.63) is 94.5 Å². The van der Waals surface area contributed by atoms with Gasteiger partial charge in [-0.3, -0.25) is 9.78 Å². The molecule has 4 nitrogen and oxygen atoms in total. The summed E-state index contributed by atoms with van der Waals surface area (Å²) < 4.78 is 40.1. The van der Waals surface area contributed by atoms with E-state index >= 15 is 0 Å². The molecule has 2 heterocycles. The van der Waals surface area contributed by atoms with E-state index in [-0.39, 0.29) is 23.4 Å². The second-order valence-electron chi connectivity index (χ2n) is 6.60. The maximum Gasteiger partial charge on any atom is 0.416 e. The average Bonchev–Trinajstić information content (AvgIpc) is 2.70. The Labute approximate surface area is 163 Å². The zero-order chi connectivity index (χ0) is 20.6. The number of pyridine rings is 2. The molecular formula is C22H15F3N2O2. The first-order valence-electron chi connectivity index (χ1n) is 8.76. The van der Waals surface area contributed by atoms with Crippen LogP contribution in [0.5, 0.6) is 5.75 Å². The van der Waals surface area contributed by atoms with Gasteiger partial charge in [0.2, 0.25) is 0 Å². The Balaban J connectivity index is 1.92. The van der Waals surface area contributed by atoms with Crippen molar-refractivity contribution in [2.75, 3.05) is 0 Å². The number of rotatable bonds is 3. The number of alkyl halides is 3. The normalized spacial score (nSPS) is 11.7. The predicted octanol–water partition coefficient (Wildman–Crippen LogP) is 4.84. The molecule has 0 bridgehead atoms. The standard InChI is InChI=1S/C22H15F3N2O2/c23-22(24,25)16-8-6-15(7-9-16)17-10-18-19(11-26-12-20(18)28)27(21(17)29)13-14-4-2-1-3-5-14/h1-12,28H,13H2. The number of nitrogens with zero attached hydrogens (tertiary/aromatic N) is 2. The van der Waals surface area contributed by atoms with E-state index in [1.54, 1.807) is 0 Å². The summed E-state index contributed by atoms with van der Waals surface area (Å²) in [6.45, 7) is 0.232. The van der Waals surface area contributed by atoms with Gasteiger partial charge >= 0.3 is 6.18 Å². The van der Waals surface area contributed by atoms with Crippen molar-refractivity contribution in [2.24, 2.45) is 0 Å². The van der Waals surface area contributed by atoms with Gasteiger partial charge in [0.05, 0.1) is 30.0 Å². The van der Waals surface area contributed by atoms with Crippen molar-refractivity contribution in [3.8, 4) is 16.9 Å². The van der Waals surface area contributed by atoms with Gasteiger partial charge in [-0.25, -0.2) is 0 Å². The van der Waals surface area contributed by atoms with Gasteiger partial charge in [-0.2, -0.15) is 13.2 Å². The fraction of sp³-hybridized carbons (Fsp3) is 0.0909. The third-order valence-electron chi connectivity index (χ3n) is 4.71. The molecule has 7 heteroatoms. The van der Waals surface area contributed by atoms with Gasteiger partial charge in [-0.05, 0) is 29.3 Å². The monoisotopic (exact) mass is 396 g/mol. The second kappa shape index (κ2) is 7.09. The molecule has 0 atom stereocenters. The summed E-state index contributed by atoms with van der Waals surface area (Å²) in [5.74, 6) is -0.113. The van der Waals surface area contributed by atoms with E-state index < -0.39 is 11.7 Å². The lowest BCUT2D eigenvalue weighted by Gasteiger charge is -2.14. The summed E-state index contributed by atoms with van der Waals surface area (Å²) in [5, 5.41) is 10.6. The lowest BCUT2D eigenvalue weighted by Crippen LogP contribution is -2.23. The zero-order valence-electron chi connectivity index (χ0n) is 15.0. The first kappa shape index (κ1) is 18.7. The van der Waals surface area contributed by atoms with Crippen LogP contribution < -0.4 is 5.56 Å². The largest absolute Gasteiger partial charge is 0.506 e. The maximum atomic E-state index is 13.2. The minimum Gasteiger partial charge on any atom is -0.506 e. The summed E-state index contributed by atoms with van der Waals surface area (Å²) in [6, 6.07) is 15.1. The Bertz CT molecular complexity index is 1230. The van der Waals surface area contributed by atoms with E-state index in [9.17, 15) is 23.1 Å². The van der Waals surface area contributed by atoms with Crippen LogP contribution in [0.2, 0.25) is 0 Å². The van der Waals surface area contributed by atoms with E-state index in [1.807, 2.05) is 30.3 Å².